The van der Waals surface area contributed by atoms with Crippen LogP contribution in [0.5, 0.6) is 0 Å². The second-order valence-electron chi connectivity index (χ2n) is 4.91. The Morgan fingerprint density at radius 3 is 2.56 bits per heavy atom. The molecule has 0 aliphatic heterocycles. The van der Waals surface area contributed by atoms with E-state index in [0.717, 1.165) is 49.6 Å². The van der Waals surface area contributed by atoms with Crippen molar-refractivity contribution >= 4 is 9.84 Å². The van der Waals surface area contributed by atoms with E-state index in [9.17, 15) is 13.2 Å². The third-order valence-corrected chi connectivity index (χ3v) is 4.99. The SMILES string of the molecule is CC(c1nc2c(c(=O)[nH]1)CCCCC2)S(C)(=O)=O. The van der Waals surface area contributed by atoms with E-state index in [1.165, 1.54) is 0 Å². The lowest BCUT2D eigenvalue weighted by Gasteiger charge is -2.11. The van der Waals surface area contributed by atoms with Crippen LogP contribution in [0.25, 0.3) is 0 Å². The second-order valence-corrected chi connectivity index (χ2v) is 7.27. The lowest BCUT2D eigenvalue weighted by molar-refractivity contribution is 0.588. The minimum absolute atomic E-state index is 0.174. The minimum Gasteiger partial charge on any atom is -0.309 e. The average Bonchev–Trinajstić information content (AvgIpc) is 2.52. The highest BCUT2D eigenvalue weighted by Gasteiger charge is 2.22. The van der Waals surface area contributed by atoms with Gasteiger partial charge in [0.05, 0.1) is 5.69 Å². The molecule has 0 saturated heterocycles. The van der Waals surface area contributed by atoms with Crippen molar-refractivity contribution in [1.29, 1.82) is 0 Å². The fourth-order valence-electron chi connectivity index (χ4n) is 2.19. The van der Waals surface area contributed by atoms with E-state index in [4.69, 9.17) is 0 Å². The fraction of sp³-hybridized carbons (Fsp3) is 0.667. The van der Waals surface area contributed by atoms with Gasteiger partial charge < -0.3 is 4.98 Å². The van der Waals surface area contributed by atoms with E-state index in [0.29, 0.717) is 0 Å². The molecule has 0 spiro atoms. The molecule has 6 heteroatoms. The number of fused-ring (bicyclic) bond motifs is 1. The topological polar surface area (TPSA) is 79.9 Å². The summed E-state index contributed by atoms with van der Waals surface area (Å²) in [4.78, 5) is 19.0. The minimum atomic E-state index is -3.24. The molecule has 1 aromatic rings. The van der Waals surface area contributed by atoms with Crippen LogP contribution in [0, 0.1) is 0 Å². The molecule has 0 fully saturated rings. The number of nitrogens with zero attached hydrogens (tertiary/aromatic N) is 1. The first-order valence-corrected chi connectivity index (χ1v) is 8.16. The van der Waals surface area contributed by atoms with E-state index in [-0.39, 0.29) is 11.4 Å². The Hall–Kier alpha value is -1.17. The van der Waals surface area contributed by atoms with Crippen molar-refractivity contribution in [3.8, 4) is 0 Å². The molecule has 1 unspecified atom stereocenters. The highest BCUT2D eigenvalue weighted by molar-refractivity contribution is 7.90. The van der Waals surface area contributed by atoms with Crippen molar-refractivity contribution < 1.29 is 8.42 Å². The smallest absolute Gasteiger partial charge is 0.254 e. The van der Waals surface area contributed by atoms with Crippen LogP contribution >= 0.6 is 0 Å². The van der Waals surface area contributed by atoms with Crippen LogP contribution < -0.4 is 5.56 Å². The summed E-state index contributed by atoms with van der Waals surface area (Å²) in [6.45, 7) is 1.55. The molecule has 0 saturated carbocycles. The lowest BCUT2D eigenvalue weighted by Crippen LogP contribution is -2.23. The van der Waals surface area contributed by atoms with Gasteiger partial charge in [-0.05, 0) is 32.6 Å². The lowest BCUT2D eigenvalue weighted by atomic mass is 10.1. The summed E-state index contributed by atoms with van der Waals surface area (Å²) in [5.41, 5.74) is 1.34. The summed E-state index contributed by atoms with van der Waals surface area (Å²) < 4.78 is 23.0. The Labute approximate surface area is 107 Å². The quantitative estimate of drug-likeness (QED) is 0.817. The molecule has 1 atom stereocenters. The van der Waals surface area contributed by atoms with Gasteiger partial charge in [-0.2, -0.15) is 0 Å². The number of aromatic nitrogens is 2. The van der Waals surface area contributed by atoms with Crippen LogP contribution in [0.2, 0.25) is 0 Å². The van der Waals surface area contributed by atoms with Crippen molar-refractivity contribution in [3.05, 3.63) is 27.4 Å². The molecule has 0 radical (unpaired) electrons. The Balaban J connectivity index is 2.50. The summed E-state index contributed by atoms with van der Waals surface area (Å²) in [6, 6.07) is 0. The van der Waals surface area contributed by atoms with E-state index in [1.54, 1.807) is 6.92 Å². The number of nitrogens with one attached hydrogen (secondary N) is 1. The highest BCUT2D eigenvalue weighted by atomic mass is 32.2. The van der Waals surface area contributed by atoms with Gasteiger partial charge in [-0.3, -0.25) is 4.79 Å². The van der Waals surface area contributed by atoms with Crippen molar-refractivity contribution in [2.45, 2.75) is 44.3 Å². The molecular formula is C12H18N2O3S. The molecule has 2 rings (SSSR count). The molecular weight excluding hydrogens is 252 g/mol. The van der Waals surface area contributed by atoms with Crippen LogP contribution in [-0.4, -0.2) is 24.6 Å². The summed E-state index contributed by atoms with van der Waals surface area (Å²) in [5.74, 6) is 0.267. The van der Waals surface area contributed by atoms with Crippen LogP contribution in [0.4, 0.5) is 0 Å². The zero-order valence-electron chi connectivity index (χ0n) is 10.7. The van der Waals surface area contributed by atoms with E-state index in [2.05, 4.69) is 9.97 Å². The maximum absolute atomic E-state index is 12.0. The van der Waals surface area contributed by atoms with Gasteiger partial charge in [0.15, 0.2) is 9.84 Å². The maximum Gasteiger partial charge on any atom is 0.254 e. The predicted octanol–water partition coefficient (Wildman–Crippen LogP) is 1.14. The standard InChI is InChI=1S/C12H18N2O3S/c1-8(18(2,16)17)11-13-10-7-5-3-4-6-9(10)12(15)14-11/h8H,3-7H2,1-2H3,(H,13,14,15). The Morgan fingerprint density at radius 2 is 1.89 bits per heavy atom. The largest absolute Gasteiger partial charge is 0.309 e. The molecule has 1 aliphatic rings. The first-order chi connectivity index (χ1) is 8.39. The number of sulfone groups is 1. The molecule has 100 valence electrons. The van der Waals surface area contributed by atoms with Crippen molar-refractivity contribution in [2.24, 2.45) is 0 Å². The van der Waals surface area contributed by atoms with Crippen LogP contribution in [-0.2, 0) is 22.7 Å². The summed E-state index contributed by atoms with van der Waals surface area (Å²) >= 11 is 0. The third kappa shape index (κ3) is 2.63. The molecule has 0 aromatic carbocycles. The van der Waals surface area contributed by atoms with Crippen LogP contribution in [0.3, 0.4) is 0 Å². The van der Waals surface area contributed by atoms with Crippen molar-refractivity contribution in [1.82, 2.24) is 9.97 Å². The van der Waals surface area contributed by atoms with E-state index in [1.807, 2.05) is 0 Å². The summed E-state index contributed by atoms with van der Waals surface area (Å²) in [5, 5.41) is -0.765. The van der Waals surface area contributed by atoms with E-state index >= 15 is 0 Å². The van der Waals surface area contributed by atoms with Crippen LogP contribution in [0.15, 0.2) is 4.79 Å². The molecule has 0 amide bonds. The highest BCUT2D eigenvalue weighted by Crippen LogP contribution is 2.20. The molecule has 5 nitrogen and oxygen atoms in total. The van der Waals surface area contributed by atoms with Gasteiger partial charge in [-0.15, -0.1) is 0 Å². The monoisotopic (exact) mass is 270 g/mol. The third-order valence-electron chi connectivity index (χ3n) is 3.49. The number of hydrogen-bond donors (Lipinski definition) is 1. The van der Waals surface area contributed by atoms with Crippen LogP contribution in [0.1, 0.15) is 48.5 Å². The fourth-order valence-corrected chi connectivity index (χ4v) is 2.71. The Kier molecular flexibility index (Phi) is 3.56. The number of H-pyrrole nitrogens is 1. The van der Waals surface area contributed by atoms with Gasteiger partial charge in [0, 0.05) is 11.8 Å². The number of aromatic amines is 1. The second kappa shape index (κ2) is 4.84. The summed E-state index contributed by atoms with van der Waals surface area (Å²) in [7, 11) is -3.24. The van der Waals surface area contributed by atoms with Gasteiger partial charge in [-0.1, -0.05) is 6.42 Å². The zero-order valence-corrected chi connectivity index (χ0v) is 11.5. The molecule has 1 heterocycles. The number of hydrogen-bond acceptors (Lipinski definition) is 4. The average molecular weight is 270 g/mol. The van der Waals surface area contributed by atoms with E-state index < -0.39 is 15.1 Å². The van der Waals surface area contributed by atoms with Gasteiger partial charge in [-0.25, -0.2) is 13.4 Å². The Bertz CT molecular complexity index is 604. The number of aryl methyl sites for hydroxylation is 1. The maximum atomic E-state index is 12.0. The predicted molar refractivity (Wildman–Crippen MR) is 69.4 cm³/mol. The summed E-state index contributed by atoms with van der Waals surface area (Å²) in [6.07, 6.45) is 5.76. The normalized spacial score (nSPS) is 17.9. The van der Waals surface area contributed by atoms with Crippen molar-refractivity contribution in [2.75, 3.05) is 6.26 Å². The van der Waals surface area contributed by atoms with Gasteiger partial charge in [0.2, 0.25) is 0 Å². The van der Waals surface area contributed by atoms with Gasteiger partial charge in [0.25, 0.3) is 5.56 Å². The van der Waals surface area contributed by atoms with Gasteiger partial charge in [0.1, 0.15) is 11.1 Å². The Morgan fingerprint density at radius 1 is 1.22 bits per heavy atom. The molecule has 0 bridgehead atoms. The molecule has 1 aromatic heterocycles. The molecule has 18 heavy (non-hydrogen) atoms. The first-order valence-electron chi connectivity index (χ1n) is 6.20. The van der Waals surface area contributed by atoms with Crippen molar-refractivity contribution in [3.63, 3.8) is 0 Å². The van der Waals surface area contributed by atoms with Gasteiger partial charge >= 0.3 is 0 Å². The molecule has 1 aliphatic carbocycles. The zero-order chi connectivity index (χ0) is 13.3. The molecule has 1 N–H and O–H groups in total. The first kappa shape index (κ1) is 13.3. The number of rotatable bonds is 2.